The SMILES string of the molecule is CN(C)c1ccc(C(=O)NC2CCOc3ccccc32)cn1. The minimum Gasteiger partial charge on any atom is -0.493 e. The quantitative estimate of drug-likeness (QED) is 0.945. The number of nitrogens with zero attached hydrogens (tertiary/aromatic N) is 2. The zero-order valence-corrected chi connectivity index (χ0v) is 12.7. The summed E-state index contributed by atoms with van der Waals surface area (Å²) in [6.07, 6.45) is 2.38. The molecule has 5 heteroatoms. The molecule has 5 nitrogen and oxygen atoms in total. The van der Waals surface area contributed by atoms with Gasteiger partial charge >= 0.3 is 0 Å². The average molecular weight is 297 g/mol. The molecular weight excluding hydrogens is 278 g/mol. The van der Waals surface area contributed by atoms with Crippen molar-refractivity contribution in [3.8, 4) is 5.75 Å². The Morgan fingerprint density at radius 1 is 1.27 bits per heavy atom. The molecule has 1 N–H and O–H groups in total. The van der Waals surface area contributed by atoms with Gasteiger partial charge in [-0.25, -0.2) is 4.98 Å². The van der Waals surface area contributed by atoms with E-state index in [2.05, 4.69) is 10.3 Å². The Labute approximate surface area is 129 Å². The molecule has 0 fully saturated rings. The summed E-state index contributed by atoms with van der Waals surface area (Å²) in [6.45, 7) is 0.611. The lowest BCUT2D eigenvalue weighted by Crippen LogP contribution is -2.32. The number of rotatable bonds is 3. The van der Waals surface area contributed by atoms with Crippen LogP contribution in [0.2, 0.25) is 0 Å². The molecule has 0 spiro atoms. The smallest absolute Gasteiger partial charge is 0.253 e. The van der Waals surface area contributed by atoms with Gasteiger partial charge in [0.25, 0.3) is 5.91 Å². The summed E-state index contributed by atoms with van der Waals surface area (Å²) in [7, 11) is 3.84. The van der Waals surface area contributed by atoms with Crippen molar-refractivity contribution in [3.05, 3.63) is 53.7 Å². The third-order valence-electron chi connectivity index (χ3n) is 3.73. The maximum absolute atomic E-state index is 12.4. The summed E-state index contributed by atoms with van der Waals surface area (Å²) >= 11 is 0. The van der Waals surface area contributed by atoms with Crippen LogP contribution in [-0.2, 0) is 0 Å². The van der Waals surface area contributed by atoms with Crippen molar-refractivity contribution in [3.63, 3.8) is 0 Å². The molecule has 22 heavy (non-hydrogen) atoms. The number of benzene rings is 1. The number of carbonyl (C=O) groups excluding carboxylic acids is 1. The van der Waals surface area contributed by atoms with Crippen LogP contribution >= 0.6 is 0 Å². The van der Waals surface area contributed by atoms with Crippen molar-refractivity contribution in [1.29, 1.82) is 0 Å². The number of aromatic nitrogens is 1. The molecule has 0 bridgehead atoms. The number of fused-ring (bicyclic) bond motifs is 1. The van der Waals surface area contributed by atoms with E-state index in [4.69, 9.17) is 4.74 Å². The van der Waals surface area contributed by atoms with Gasteiger partial charge in [0.1, 0.15) is 11.6 Å². The van der Waals surface area contributed by atoms with E-state index < -0.39 is 0 Å². The van der Waals surface area contributed by atoms with Crippen LogP contribution < -0.4 is 15.0 Å². The predicted molar refractivity (Wildman–Crippen MR) is 85.3 cm³/mol. The van der Waals surface area contributed by atoms with Gasteiger partial charge in [0.2, 0.25) is 0 Å². The van der Waals surface area contributed by atoms with Crippen molar-refractivity contribution >= 4 is 11.7 Å². The third-order valence-corrected chi connectivity index (χ3v) is 3.73. The number of ether oxygens (including phenoxy) is 1. The van der Waals surface area contributed by atoms with Crippen LogP contribution in [0.4, 0.5) is 5.82 Å². The zero-order chi connectivity index (χ0) is 15.5. The summed E-state index contributed by atoms with van der Waals surface area (Å²) in [5.74, 6) is 1.56. The fraction of sp³-hybridized carbons (Fsp3) is 0.294. The second kappa shape index (κ2) is 6.05. The van der Waals surface area contributed by atoms with Crippen LogP contribution in [0.3, 0.4) is 0 Å². The van der Waals surface area contributed by atoms with Gasteiger partial charge in [-0.3, -0.25) is 4.79 Å². The molecule has 1 amide bonds. The summed E-state index contributed by atoms with van der Waals surface area (Å²) in [5, 5.41) is 3.07. The van der Waals surface area contributed by atoms with E-state index in [1.807, 2.05) is 49.3 Å². The van der Waals surface area contributed by atoms with E-state index in [1.54, 1.807) is 12.3 Å². The standard InChI is InChI=1S/C17H19N3O2/c1-20(2)16-8-7-12(11-18-16)17(21)19-14-9-10-22-15-6-4-3-5-13(14)15/h3-8,11,14H,9-10H2,1-2H3,(H,19,21). The number of carbonyl (C=O) groups is 1. The van der Waals surface area contributed by atoms with Crippen molar-refractivity contribution in [2.75, 3.05) is 25.6 Å². The van der Waals surface area contributed by atoms with Gasteiger partial charge in [0.05, 0.1) is 18.2 Å². The molecule has 3 rings (SSSR count). The average Bonchev–Trinajstić information content (AvgIpc) is 2.55. The number of anilines is 1. The van der Waals surface area contributed by atoms with Crippen molar-refractivity contribution in [1.82, 2.24) is 10.3 Å². The normalized spacial score (nSPS) is 16.4. The molecule has 1 aromatic carbocycles. The Kier molecular flexibility index (Phi) is 3.96. The highest BCUT2D eigenvalue weighted by atomic mass is 16.5. The first kappa shape index (κ1) is 14.4. The number of hydrogen-bond donors (Lipinski definition) is 1. The van der Waals surface area contributed by atoms with E-state index in [-0.39, 0.29) is 11.9 Å². The molecule has 2 aromatic rings. The largest absolute Gasteiger partial charge is 0.493 e. The van der Waals surface area contributed by atoms with E-state index in [0.29, 0.717) is 12.2 Å². The van der Waals surface area contributed by atoms with Crippen LogP contribution in [0.1, 0.15) is 28.4 Å². The van der Waals surface area contributed by atoms with Gasteiger partial charge < -0.3 is 15.0 Å². The molecule has 1 aromatic heterocycles. The molecule has 114 valence electrons. The van der Waals surface area contributed by atoms with Crippen LogP contribution in [0.15, 0.2) is 42.6 Å². The van der Waals surface area contributed by atoms with Gasteiger partial charge in [-0.15, -0.1) is 0 Å². The molecule has 0 saturated heterocycles. The summed E-state index contributed by atoms with van der Waals surface area (Å²) in [5.41, 5.74) is 1.59. The lowest BCUT2D eigenvalue weighted by Gasteiger charge is -2.26. The van der Waals surface area contributed by atoms with Gasteiger partial charge in [-0.05, 0) is 18.2 Å². The molecule has 1 unspecified atom stereocenters. The first-order valence-corrected chi connectivity index (χ1v) is 7.31. The fourth-order valence-electron chi connectivity index (χ4n) is 2.52. The molecular formula is C17H19N3O2. The lowest BCUT2D eigenvalue weighted by atomic mass is 10.0. The maximum atomic E-state index is 12.4. The van der Waals surface area contributed by atoms with Crippen LogP contribution in [0, 0.1) is 0 Å². The van der Waals surface area contributed by atoms with Gasteiger partial charge in [-0.2, -0.15) is 0 Å². The van der Waals surface area contributed by atoms with Gasteiger partial charge in [-0.1, -0.05) is 18.2 Å². The molecule has 0 aliphatic carbocycles. The van der Waals surface area contributed by atoms with E-state index in [1.165, 1.54) is 0 Å². The number of amides is 1. The first-order chi connectivity index (χ1) is 10.6. The third kappa shape index (κ3) is 2.88. The minimum absolute atomic E-state index is 0.0222. The van der Waals surface area contributed by atoms with Gasteiger partial charge in [0, 0.05) is 32.3 Å². The molecule has 0 radical (unpaired) electrons. The van der Waals surface area contributed by atoms with Crippen LogP contribution in [-0.4, -0.2) is 31.6 Å². The number of para-hydroxylation sites is 1. The Morgan fingerprint density at radius 3 is 2.82 bits per heavy atom. The number of pyridine rings is 1. The topological polar surface area (TPSA) is 54.5 Å². The van der Waals surface area contributed by atoms with Crippen molar-refractivity contribution < 1.29 is 9.53 Å². The highest BCUT2D eigenvalue weighted by Crippen LogP contribution is 2.31. The zero-order valence-electron chi connectivity index (χ0n) is 12.7. The van der Waals surface area contributed by atoms with E-state index in [0.717, 1.165) is 23.6 Å². The maximum Gasteiger partial charge on any atom is 0.253 e. The Balaban J connectivity index is 1.75. The summed E-state index contributed by atoms with van der Waals surface area (Å²) in [4.78, 5) is 18.6. The first-order valence-electron chi connectivity index (χ1n) is 7.31. The molecule has 1 atom stereocenters. The van der Waals surface area contributed by atoms with E-state index in [9.17, 15) is 4.79 Å². The molecule has 1 aliphatic rings. The Bertz CT molecular complexity index is 668. The summed E-state index contributed by atoms with van der Waals surface area (Å²) in [6, 6.07) is 11.4. The Hall–Kier alpha value is -2.56. The second-order valence-corrected chi connectivity index (χ2v) is 5.50. The van der Waals surface area contributed by atoms with Gasteiger partial charge in [0.15, 0.2) is 0 Å². The molecule has 2 heterocycles. The highest BCUT2D eigenvalue weighted by Gasteiger charge is 2.23. The Morgan fingerprint density at radius 2 is 2.09 bits per heavy atom. The highest BCUT2D eigenvalue weighted by molar-refractivity contribution is 5.94. The minimum atomic E-state index is -0.112. The molecule has 0 saturated carbocycles. The van der Waals surface area contributed by atoms with E-state index >= 15 is 0 Å². The van der Waals surface area contributed by atoms with Crippen molar-refractivity contribution in [2.45, 2.75) is 12.5 Å². The lowest BCUT2D eigenvalue weighted by molar-refractivity contribution is 0.0924. The summed E-state index contributed by atoms with van der Waals surface area (Å²) < 4.78 is 5.61. The van der Waals surface area contributed by atoms with Crippen molar-refractivity contribution in [2.24, 2.45) is 0 Å². The predicted octanol–water partition coefficient (Wildman–Crippen LogP) is 2.40. The second-order valence-electron chi connectivity index (χ2n) is 5.50. The monoisotopic (exact) mass is 297 g/mol. The fourth-order valence-corrected chi connectivity index (χ4v) is 2.52. The van der Waals surface area contributed by atoms with Crippen LogP contribution in [0.25, 0.3) is 0 Å². The number of nitrogens with one attached hydrogen (secondary N) is 1. The number of hydrogen-bond acceptors (Lipinski definition) is 4. The molecule has 1 aliphatic heterocycles. The van der Waals surface area contributed by atoms with Crippen LogP contribution in [0.5, 0.6) is 5.75 Å².